The third-order valence-electron chi connectivity index (χ3n) is 5.47. The highest BCUT2D eigenvalue weighted by molar-refractivity contribution is 5.77. The number of rotatable bonds is 5. The average Bonchev–Trinajstić information content (AvgIpc) is 3.01. The molecule has 0 spiro atoms. The first-order chi connectivity index (χ1) is 12.6. The van der Waals surface area contributed by atoms with E-state index in [1.165, 1.54) is 31.2 Å². The number of likely N-dealkylation sites (tertiary alicyclic amines) is 2. The van der Waals surface area contributed by atoms with Gasteiger partial charge in [-0.3, -0.25) is 9.69 Å². The molecule has 2 aliphatic rings. The largest absolute Gasteiger partial charge is 0.481 e. The highest BCUT2D eigenvalue weighted by Crippen LogP contribution is 2.18. The molecule has 2 aliphatic heterocycles. The van der Waals surface area contributed by atoms with Crippen molar-refractivity contribution in [3.63, 3.8) is 0 Å². The molecule has 0 bridgehead atoms. The Balaban J connectivity index is 1.54. The lowest BCUT2D eigenvalue weighted by molar-refractivity contribution is -0.141. The van der Waals surface area contributed by atoms with Crippen molar-refractivity contribution < 1.29 is 14.7 Å². The van der Waals surface area contributed by atoms with E-state index in [4.69, 9.17) is 5.11 Å². The molecule has 2 N–H and O–H groups in total. The van der Waals surface area contributed by atoms with Gasteiger partial charge >= 0.3 is 12.0 Å². The zero-order valence-corrected chi connectivity index (χ0v) is 15.3. The first-order valence-electron chi connectivity index (χ1n) is 9.68. The maximum absolute atomic E-state index is 12.3. The van der Waals surface area contributed by atoms with Crippen LogP contribution in [0.5, 0.6) is 0 Å². The highest BCUT2D eigenvalue weighted by Gasteiger charge is 2.30. The Bertz CT molecular complexity index is 626. The second-order valence-corrected chi connectivity index (χ2v) is 7.39. The number of hydrogen-bond donors (Lipinski definition) is 2. The van der Waals surface area contributed by atoms with Crippen LogP contribution in [0.15, 0.2) is 24.3 Å². The van der Waals surface area contributed by atoms with E-state index < -0.39 is 11.9 Å². The number of carboxylic acids is 1. The summed E-state index contributed by atoms with van der Waals surface area (Å²) >= 11 is 0. The Kier molecular flexibility index (Phi) is 6.50. The van der Waals surface area contributed by atoms with Crippen molar-refractivity contribution in [2.45, 2.75) is 45.2 Å². The summed E-state index contributed by atoms with van der Waals surface area (Å²) in [5.41, 5.74) is 2.40. The molecular weight excluding hydrogens is 330 g/mol. The van der Waals surface area contributed by atoms with E-state index in [1.807, 2.05) is 6.07 Å². The Morgan fingerprint density at radius 2 is 1.73 bits per heavy atom. The summed E-state index contributed by atoms with van der Waals surface area (Å²) in [5.74, 6) is -1.25. The number of carboxylic acid groups (broad SMARTS) is 1. The van der Waals surface area contributed by atoms with Crippen molar-refractivity contribution in [3.05, 3.63) is 35.4 Å². The van der Waals surface area contributed by atoms with Crippen LogP contribution >= 0.6 is 0 Å². The normalized spacial score (nSPS) is 21.4. The number of amides is 2. The van der Waals surface area contributed by atoms with Gasteiger partial charge in [-0.25, -0.2) is 4.79 Å². The lowest BCUT2D eigenvalue weighted by Crippen LogP contribution is -2.38. The fraction of sp³-hybridized carbons (Fsp3) is 0.600. The van der Waals surface area contributed by atoms with Gasteiger partial charge in [0.1, 0.15) is 0 Å². The van der Waals surface area contributed by atoms with Gasteiger partial charge in [0.2, 0.25) is 0 Å². The van der Waals surface area contributed by atoms with Gasteiger partial charge in [-0.1, -0.05) is 37.1 Å². The molecule has 6 nitrogen and oxygen atoms in total. The molecular formula is C20H29N3O3. The van der Waals surface area contributed by atoms with E-state index in [2.05, 4.69) is 28.4 Å². The van der Waals surface area contributed by atoms with Gasteiger partial charge < -0.3 is 15.3 Å². The Morgan fingerprint density at radius 3 is 2.38 bits per heavy atom. The van der Waals surface area contributed by atoms with Gasteiger partial charge in [0.25, 0.3) is 0 Å². The molecule has 0 aliphatic carbocycles. The van der Waals surface area contributed by atoms with Crippen LogP contribution in [0.1, 0.15) is 43.2 Å². The zero-order valence-electron chi connectivity index (χ0n) is 15.3. The van der Waals surface area contributed by atoms with E-state index in [1.54, 1.807) is 4.90 Å². The highest BCUT2D eigenvalue weighted by atomic mass is 16.4. The summed E-state index contributed by atoms with van der Waals surface area (Å²) in [6.07, 6.45) is 5.70. The van der Waals surface area contributed by atoms with Gasteiger partial charge in [-0.15, -0.1) is 0 Å². The molecule has 1 atom stereocenters. The van der Waals surface area contributed by atoms with Crippen molar-refractivity contribution in [2.75, 3.05) is 26.2 Å². The third-order valence-corrected chi connectivity index (χ3v) is 5.47. The average molecular weight is 359 g/mol. The maximum Gasteiger partial charge on any atom is 0.317 e. The second kappa shape index (κ2) is 9.03. The predicted molar refractivity (Wildman–Crippen MR) is 99.7 cm³/mol. The van der Waals surface area contributed by atoms with Crippen molar-refractivity contribution >= 4 is 12.0 Å². The van der Waals surface area contributed by atoms with Gasteiger partial charge in [0.05, 0.1) is 5.92 Å². The molecule has 1 aromatic carbocycles. The topological polar surface area (TPSA) is 72.9 Å². The lowest BCUT2D eigenvalue weighted by atomic mass is 10.1. The van der Waals surface area contributed by atoms with Crippen LogP contribution in [0.4, 0.5) is 4.79 Å². The standard InChI is InChI=1S/C20H29N3O3/c24-19(25)18-9-12-23(15-18)20(26)21-13-16-7-3-4-8-17(16)14-22-10-5-1-2-6-11-22/h3-4,7-8,18H,1-2,5-6,9-15H2,(H,21,26)(H,24,25). The van der Waals surface area contributed by atoms with Crippen molar-refractivity contribution in [1.82, 2.24) is 15.1 Å². The maximum atomic E-state index is 12.3. The first kappa shape index (κ1) is 18.7. The van der Waals surface area contributed by atoms with Crippen LogP contribution in [0.25, 0.3) is 0 Å². The molecule has 26 heavy (non-hydrogen) atoms. The van der Waals surface area contributed by atoms with E-state index >= 15 is 0 Å². The van der Waals surface area contributed by atoms with Gasteiger partial charge in [0, 0.05) is 26.2 Å². The first-order valence-corrected chi connectivity index (χ1v) is 9.68. The van der Waals surface area contributed by atoms with Crippen molar-refractivity contribution in [1.29, 1.82) is 0 Å². The number of carbonyl (C=O) groups excluding carboxylic acids is 1. The van der Waals surface area contributed by atoms with Crippen LogP contribution in [0.3, 0.4) is 0 Å². The Hall–Kier alpha value is -2.08. The number of urea groups is 1. The molecule has 142 valence electrons. The number of aliphatic carboxylic acids is 1. The van der Waals surface area contributed by atoms with Crippen LogP contribution in [-0.4, -0.2) is 53.1 Å². The summed E-state index contributed by atoms with van der Waals surface area (Å²) in [5, 5.41) is 12.0. The Morgan fingerprint density at radius 1 is 1.04 bits per heavy atom. The van der Waals surface area contributed by atoms with Crippen LogP contribution in [-0.2, 0) is 17.9 Å². The number of hydrogen-bond acceptors (Lipinski definition) is 3. The molecule has 2 amide bonds. The zero-order chi connectivity index (χ0) is 18.4. The van der Waals surface area contributed by atoms with Crippen LogP contribution < -0.4 is 5.32 Å². The number of nitrogens with one attached hydrogen (secondary N) is 1. The molecule has 0 aromatic heterocycles. The van der Waals surface area contributed by atoms with Gasteiger partial charge in [0.15, 0.2) is 0 Å². The van der Waals surface area contributed by atoms with Gasteiger partial charge in [-0.2, -0.15) is 0 Å². The van der Waals surface area contributed by atoms with Gasteiger partial charge in [-0.05, 0) is 43.5 Å². The minimum absolute atomic E-state index is 0.168. The van der Waals surface area contributed by atoms with E-state index in [0.717, 1.165) is 25.2 Å². The van der Waals surface area contributed by atoms with Crippen LogP contribution in [0, 0.1) is 5.92 Å². The molecule has 1 unspecified atom stereocenters. The lowest BCUT2D eigenvalue weighted by Gasteiger charge is -2.22. The summed E-state index contributed by atoms with van der Waals surface area (Å²) in [7, 11) is 0. The molecule has 0 radical (unpaired) electrons. The number of benzene rings is 1. The van der Waals surface area contributed by atoms with Crippen LogP contribution in [0.2, 0.25) is 0 Å². The summed E-state index contributed by atoms with van der Waals surface area (Å²) < 4.78 is 0. The Labute approximate surface area is 155 Å². The number of carbonyl (C=O) groups is 2. The molecule has 1 aromatic rings. The quantitative estimate of drug-likeness (QED) is 0.848. The monoisotopic (exact) mass is 359 g/mol. The van der Waals surface area contributed by atoms with Crippen molar-refractivity contribution in [3.8, 4) is 0 Å². The molecule has 2 saturated heterocycles. The molecule has 3 rings (SSSR count). The molecule has 2 heterocycles. The second-order valence-electron chi connectivity index (χ2n) is 7.39. The molecule has 0 saturated carbocycles. The summed E-state index contributed by atoms with van der Waals surface area (Å²) in [4.78, 5) is 27.5. The predicted octanol–water partition coefficient (Wildman–Crippen LogP) is 2.68. The molecule has 2 fully saturated rings. The fourth-order valence-electron chi connectivity index (χ4n) is 3.85. The van der Waals surface area contributed by atoms with Crippen molar-refractivity contribution in [2.24, 2.45) is 5.92 Å². The van der Waals surface area contributed by atoms with E-state index in [0.29, 0.717) is 26.1 Å². The number of nitrogens with zero attached hydrogens (tertiary/aromatic N) is 2. The third kappa shape index (κ3) is 4.97. The van der Waals surface area contributed by atoms with E-state index in [9.17, 15) is 9.59 Å². The minimum Gasteiger partial charge on any atom is -0.481 e. The minimum atomic E-state index is -0.817. The smallest absolute Gasteiger partial charge is 0.317 e. The summed E-state index contributed by atoms with van der Waals surface area (Å²) in [6.45, 7) is 4.51. The summed E-state index contributed by atoms with van der Waals surface area (Å²) in [6, 6.07) is 8.10. The SMILES string of the molecule is O=C(O)C1CCN(C(=O)NCc2ccccc2CN2CCCCCC2)C1. The molecule has 6 heteroatoms. The fourth-order valence-corrected chi connectivity index (χ4v) is 3.85. The van der Waals surface area contributed by atoms with E-state index in [-0.39, 0.29) is 6.03 Å².